The maximum absolute atomic E-state index is 6.09. The van der Waals surface area contributed by atoms with E-state index in [9.17, 15) is 0 Å². The van der Waals surface area contributed by atoms with Crippen molar-refractivity contribution < 1.29 is 9.47 Å². The number of methoxy groups -OCH3 is 1. The van der Waals surface area contributed by atoms with Gasteiger partial charge in [-0.2, -0.15) is 0 Å². The summed E-state index contributed by atoms with van der Waals surface area (Å²) in [6.45, 7) is 0.551. The fourth-order valence-electron chi connectivity index (χ4n) is 1.76. The van der Waals surface area contributed by atoms with Crippen molar-refractivity contribution in [1.82, 2.24) is 0 Å². The standard InChI is InChI=1S/C15H14Cl2O2/c1-18-10-11-4-2-5-12(8-11)19-15-7-3-6-14(17)13(15)9-16/h2-8H,9-10H2,1H3. The van der Waals surface area contributed by atoms with Crippen molar-refractivity contribution in [1.29, 1.82) is 0 Å². The van der Waals surface area contributed by atoms with E-state index in [2.05, 4.69) is 0 Å². The summed E-state index contributed by atoms with van der Waals surface area (Å²) in [7, 11) is 1.66. The average Bonchev–Trinajstić information content (AvgIpc) is 2.40. The van der Waals surface area contributed by atoms with Crippen LogP contribution in [-0.4, -0.2) is 7.11 Å². The van der Waals surface area contributed by atoms with Gasteiger partial charge in [-0.25, -0.2) is 0 Å². The third-order valence-electron chi connectivity index (χ3n) is 2.65. The SMILES string of the molecule is COCc1cccc(Oc2cccc(Cl)c2CCl)c1. The molecule has 2 aromatic carbocycles. The van der Waals surface area contributed by atoms with Crippen LogP contribution in [0.4, 0.5) is 0 Å². The Balaban J connectivity index is 2.26. The maximum atomic E-state index is 6.09. The summed E-state index contributed by atoms with van der Waals surface area (Å²) in [5, 5.41) is 0.612. The van der Waals surface area contributed by atoms with Crippen molar-refractivity contribution in [3.8, 4) is 11.5 Å². The molecule has 0 radical (unpaired) electrons. The minimum Gasteiger partial charge on any atom is -0.457 e. The summed E-state index contributed by atoms with van der Waals surface area (Å²) in [6, 6.07) is 13.2. The molecular formula is C15H14Cl2O2. The third kappa shape index (κ3) is 3.63. The van der Waals surface area contributed by atoms with Crippen LogP contribution in [-0.2, 0) is 17.2 Å². The molecule has 0 bridgehead atoms. The largest absolute Gasteiger partial charge is 0.457 e. The third-order valence-corrected chi connectivity index (χ3v) is 3.27. The van der Waals surface area contributed by atoms with Gasteiger partial charge in [0, 0.05) is 17.7 Å². The Labute approximate surface area is 122 Å². The minimum absolute atomic E-state index is 0.312. The molecule has 0 aromatic heterocycles. The first-order valence-corrected chi connectivity index (χ1v) is 6.75. The zero-order valence-electron chi connectivity index (χ0n) is 10.5. The van der Waals surface area contributed by atoms with Crippen LogP contribution in [0, 0.1) is 0 Å². The van der Waals surface area contributed by atoms with Gasteiger partial charge in [-0.3, -0.25) is 0 Å². The lowest BCUT2D eigenvalue weighted by molar-refractivity contribution is 0.184. The Morgan fingerprint density at radius 3 is 2.63 bits per heavy atom. The lowest BCUT2D eigenvalue weighted by Crippen LogP contribution is -1.92. The predicted octanol–water partition coefficient (Wildman–Crippen LogP) is 5.02. The van der Waals surface area contributed by atoms with Gasteiger partial charge in [-0.05, 0) is 29.8 Å². The van der Waals surface area contributed by atoms with Crippen LogP contribution in [0.5, 0.6) is 11.5 Å². The zero-order valence-corrected chi connectivity index (χ0v) is 12.0. The lowest BCUT2D eigenvalue weighted by atomic mass is 10.2. The van der Waals surface area contributed by atoms with Gasteiger partial charge in [-0.1, -0.05) is 29.8 Å². The molecule has 0 N–H and O–H groups in total. The summed E-state index contributed by atoms with van der Waals surface area (Å²) in [6.07, 6.45) is 0. The second-order valence-electron chi connectivity index (χ2n) is 4.03. The predicted molar refractivity (Wildman–Crippen MR) is 78.2 cm³/mol. The molecule has 19 heavy (non-hydrogen) atoms. The summed E-state index contributed by atoms with van der Waals surface area (Å²) >= 11 is 12.0. The van der Waals surface area contributed by atoms with E-state index >= 15 is 0 Å². The summed E-state index contributed by atoms with van der Waals surface area (Å²) in [5.74, 6) is 1.73. The first-order valence-electron chi connectivity index (χ1n) is 5.83. The number of alkyl halides is 1. The first-order chi connectivity index (χ1) is 9.24. The number of rotatable bonds is 5. The van der Waals surface area contributed by atoms with E-state index in [1.165, 1.54) is 0 Å². The van der Waals surface area contributed by atoms with E-state index in [1.54, 1.807) is 13.2 Å². The van der Waals surface area contributed by atoms with E-state index in [0.29, 0.717) is 23.3 Å². The van der Waals surface area contributed by atoms with Crippen LogP contribution in [0.2, 0.25) is 5.02 Å². The van der Waals surface area contributed by atoms with Crippen molar-refractivity contribution >= 4 is 23.2 Å². The van der Waals surface area contributed by atoms with Crippen LogP contribution in [0.3, 0.4) is 0 Å². The summed E-state index contributed by atoms with van der Waals surface area (Å²) in [5.41, 5.74) is 1.84. The molecule has 4 heteroatoms. The number of hydrogen-bond donors (Lipinski definition) is 0. The molecule has 2 nitrogen and oxygen atoms in total. The molecule has 100 valence electrons. The van der Waals surface area contributed by atoms with Crippen molar-refractivity contribution in [2.24, 2.45) is 0 Å². The Bertz CT molecular complexity index is 556. The second kappa shape index (κ2) is 6.80. The number of ether oxygens (including phenoxy) is 2. The molecule has 0 atom stereocenters. The molecule has 0 spiro atoms. The molecule has 0 saturated heterocycles. The molecule has 0 aliphatic carbocycles. The van der Waals surface area contributed by atoms with Crippen LogP contribution in [0.1, 0.15) is 11.1 Å². The molecule has 0 unspecified atom stereocenters. The van der Waals surface area contributed by atoms with E-state index in [-0.39, 0.29) is 0 Å². The van der Waals surface area contributed by atoms with Gasteiger partial charge in [0.25, 0.3) is 0 Å². The van der Waals surface area contributed by atoms with Crippen molar-refractivity contribution in [2.45, 2.75) is 12.5 Å². The fourth-order valence-corrected chi connectivity index (χ4v) is 2.33. The molecule has 0 fully saturated rings. The normalized spacial score (nSPS) is 10.5. The highest BCUT2D eigenvalue weighted by molar-refractivity contribution is 6.32. The molecule has 0 aliphatic heterocycles. The molecule has 0 heterocycles. The lowest BCUT2D eigenvalue weighted by Gasteiger charge is -2.11. The maximum Gasteiger partial charge on any atom is 0.133 e. The van der Waals surface area contributed by atoms with E-state index in [4.69, 9.17) is 32.7 Å². The molecule has 2 aromatic rings. The van der Waals surface area contributed by atoms with Crippen LogP contribution in [0.25, 0.3) is 0 Å². The highest BCUT2D eigenvalue weighted by atomic mass is 35.5. The average molecular weight is 297 g/mol. The van der Waals surface area contributed by atoms with Crippen LogP contribution >= 0.6 is 23.2 Å². The monoisotopic (exact) mass is 296 g/mol. The zero-order chi connectivity index (χ0) is 13.7. The van der Waals surface area contributed by atoms with Crippen molar-refractivity contribution in [3.05, 3.63) is 58.6 Å². The second-order valence-corrected chi connectivity index (χ2v) is 4.71. The Hall–Kier alpha value is -1.22. The molecule has 0 amide bonds. The highest BCUT2D eigenvalue weighted by Gasteiger charge is 2.08. The van der Waals surface area contributed by atoms with Gasteiger partial charge in [0.05, 0.1) is 12.5 Å². The summed E-state index contributed by atoms with van der Waals surface area (Å²) < 4.78 is 10.9. The quantitative estimate of drug-likeness (QED) is 0.722. The Kier molecular flexibility index (Phi) is 5.08. The van der Waals surface area contributed by atoms with E-state index in [0.717, 1.165) is 16.9 Å². The van der Waals surface area contributed by atoms with Crippen LogP contribution < -0.4 is 4.74 Å². The summed E-state index contributed by atoms with van der Waals surface area (Å²) in [4.78, 5) is 0. The Morgan fingerprint density at radius 1 is 1.11 bits per heavy atom. The van der Waals surface area contributed by atoms with Gasteiger partial charge < -0.3 is 9.47 Å². The number of benzene rings is 2. The number of halogens is 2. The fraction of sp³-hybridized carbons (Fsp3) is 0.200. The van der Waals surface area contributed by atoms with Gasteiger partial charge in [0.15, 0.2) is 0 Å². The molecular weight excluding hydrogens is 283 g/mol. The van der Waals surface area contributed by atoms with Gasteiger partial charge in [-0.15, -0.1) is 11.6 Å². The van der Waals surface area contributed by atoms with Gasteiger partial charge in [0.2, 0.25) is 0 Å². The van der Waals surface area contributed by atoms with E-state index < -0.39 is 0 Å². The minimum atomic E-state index is 0.312. The first kappa shape index (κ1) is 14.2. The molecule has 0 saturated carbocycles. The number of hydrogen-bond acceptors (Lipinski definition) is 2. The van der Waals surface area contributed by atoms with Crippen molar-refractivity contribution in [2.75, 3.05) is 7.11 Å². The Morgan fingerprint density at radius 2 is 1.89 bits per heavy atom. The molecule has 0 aliphatic rings. The molecule has 2 rings (SSSR count). The van der Waals surface area contributed by atoms with Gasteiger partial charge >= 0.3 is 0 Å². The topological polar surface area (TPSA) is 18.5 Å². The van der Waals surface area contributed by atoms with Crippen molar-refractivity contribution in [3.63, 3.8) is 0 Å². The smallest absolute Gasteiger partial charge is 0.133 e. The highest BCUT2D eigenvalue weighted by Crippen LogP contribution is 2.31. The van der Waals surface area contributed by atoms with Gasteiger partial charge in [0.1, 0.15) is 11.5 Å². The van der Waals surface area contributed by atoms with E-state index in [1.807, 2.05) is 36.4 Å². The van der Waals surface area contributed by atoms with Crippen LogP contribution in [0.15, 0.2) is 42.5 Å².